The Kier molecular flexibility index (Phi) is 3.69. The van der Waals surface area contributed by atoms with E-state index in [1.165, 1.54) is 0 Å². The molecule has 0 amide bonds. The molecule has 1 N–H and O–H groups in total. The zero-order valence-corrected chi connectivity index (χ0v) is 10.3. The third-order valence-corrected chi connectivity index (χ3v) is 3.18. The van der Waals surface area contributed by atoms with Crippen LogP contribution < -0.4 is 5.32 Å². The fourth-order valence-electron chi connectivity index (χ4n) is 1.38. The molecule has 2 aromatic rings. The van der Waals surface area contributed by atoms with Crippen molar-refractivity contribution < 1.29 is 4.42 Å². The van der Waals surface area contributed by atoms with Crippen molar-refractivity contribution in [3.63, 3.8) is 0 Å². The second kappa shape index (κ2) is 5.23. The Morgan fingerprint density at radius 3 is 2.94 bits per heavy atom. The van der Waals surface area contributed by atoms with E-state index in [1.807, 2.05) is 19.1 Å². The van der Waals surface area contributed by atoms with Gasteiger partial charge in [0.15, 0.2) is 10.8 Å². The Balaban J connectivity index is 2.02. The molecule has 2 rings (SSSR count). The van der Waals surface area contributed by atoms with E-state index in [9.17, 15) is 0 Å². The number of likely N-dealkylation sites (N-methyl/N-ethyl adjacent to an activating group) is 1. The summed E-state index contributed by atoms with van der Waals surface area (Å²) in [5, 5.41) is 13.4. The van der Waals surface area contributed by atoms with E-state index in [1.54, 1.807) is 11.3 Å². The number of nitrogens with zero attached hydrogens (tertiary/aromatic N) is 2. The van der Waals surface area contributed by atoms with Gasteiger partial charge in [-0.15, -0.1) is 10.2 Å². The average molecular weight is 237 g/mol. The summed E-state index contributed by atoms with van der Waals surface area (Å²) in [6, 6.07) is 3.87. The molecule has 0 aliphatic heterocycles. The van der Waals surface area contributed by atoms with Crippen LogP contribution in [0.15, 0.2) is 16.5 Å². The lowest BCUT2D eigenvalue weighted by Gasteiger charge is -1.95. The Labute approximate surface area is 98.7 Å². The first-order chi connectivity index (χ1) is 7.79. The van der Waals surface area contributed by atoms with Gasteiger partial charge in [0.25, 0.3) is 0 Å². The van der Waals surface area contributed by atoms with Crippen LogP contribution in [-0.2, 0) is 6.42 Å². The summed E-state index contributed by atoms with van der Waals surface area (Å²) in [5.41, 5.74) is 0. The van der Waals surface area contributed by atoms with Crippen LogP contribution in [0, 0.1) is 6.92 Å². The van der Waals surface area contributed by atoms with Gasteiger partial charge >= 0.3 is 0 Å². The van der Waals surface area contributed by atoms with Crippen molar-refractivity contribution >= 4 is 11.3 Å². The number of aromatic nitrogens is 2. The van der Waals surface area contributed by atoms with Gasteiger partial charge in [0.05, 0.1) is 0 Å². The van der Waals surface area contributed by atoms with Gasteiger partial charge in [-0.25, -0.2) is 0 Å². The smallest absolute Gasteiger partial charge is 0.183 e. The summed E-state index contributed by atoms with van der Waals surface area (Å²) in [6.07, 6.45) is 0.922. The lowest BCUT2D eigenvalue weighted by atomic mass is 10.4. The zero-order chi connectivity index (χ0) is 11.4. The van der Waals surface area contributed by atoms with Gasteiger partial charge < -0.3 is 9.73 Å². The largest absolute Gasteiger partial charge is 0.459 e. The van der Waals surface area contributed by atoms with Crippen LogP contribution in [-0.4, -0.2) is 23.3 Å². The molecular formula is C11H15N3OS. The normalized spacial score (nSPS) is 10.9. The van der Waals surface area contributed by atoms with Crippen molar-refractivity contribution in [2.24, 2.45) is 0 Å². The lowest BCUT2D eigenvalue weighted by molar-refractivity contribution is 0.547. The highest BCUT2D eigenvalue weighted by atomic mass is 32.1. The Bertz CT molecular complexity index is 450. The molecule has 0 saturated heterocycles. The summed E-state index contributed by atoms with van der Waals surface area (Å²) in [5.74, 6) is 1.71. The van der Waals surface area contributed by atoms with E-state index in [-0.39, 0.29) is 0 Å². The molecule has 5 heteroatoms. The highest BCUT2D eigenvalue weighted by molar-refractivity contribution is 7.14. The second-order valence-corrected chi connectivity index (χ2v) is 4.58. The summed E-state index contributed by atoms with van der Waals surface area (Å²) < 4.78 is 5.50. The van der Waals surface area contributed by atoms with Gasteiger partial charge in [0.2, 0.25) is 0 Å². The molecule has 4 nitrogen and oxygen atoms in total. The van der Waals surface area contributed by atoms with Crippen molar-refractivity contribution in [1.82, 2.24) is 15.5 Å². The molecule has 16 heavy (non-hydrogen) atoms. The molecule has 0 aromatic carbocycles. The number of hydrogen-bond acceptors (Lipinski definition) is 5. The first-order valence-electron chi connectivity index (χ1n) is 5.39. The molecule has 0 unspecified atom stereocenters. The number of nitrogens with one attached hydrogen (secondary N) is 1. The maximum atomic E-state index is 5.50. The number of furan rings is 1. The molecule has 0 fully saturated rings. The van der Waals surface area contributed by atoms with E-state index >= 15 is 0 Å². The van der Waals surface area contributed by atoms with Gasteiger partial charge in [0, 0.05) is 13.0 Å². The fourth-order valence-corrected chi connectivity index (χ4v) is 2.18. The third-order valence-electron chi connectivity index (χ3n) is 2.18. The predicted octanol–water partition coefficient (Wildman–Crippen LogP) is 2.26. The van der Waals surface area contributed by atoms with E-state index in [0.717, 1.165) is 41.0 Å². The Hall–Kier alpha value is -1.20. The van der Waals surface area contributed by atoms with Crippen LogP contribution in [0.1, 0.15) is 17.7 Å². The lowest BCUT2D eigenvalue weighted by Crippen LogP contribution is -2.15. The number of aryl methyl sites for hydroxylation is 1. The van der Waals surface area contributed by atoms with E-state index in [4.69, 9.17) is 4.42 Å². The van der Waals surface area contributed by atoms with Crippen molar-refractivity contribution in [2.75, 3.05) is 13.1 Å². The molecule has 0 aliphatic carbocycles. The van der Waals surface area contributed by atoms with Gasteiger partial charge in [-0.1, -0.05) is 18.3 Å². The predicted molar refractivity (Wildman–Crippen MR) is 64.6 cm³/mol. The molecule has 2 aromatic heterocycles. The summed E-state index contributed by atoms with van der Waals surface area (Å²) in [7, 11) is 0. The molecule has 2 heterocycles. The van der Waals surface area contributed by atoms with Crippen molar-refractivity contribution in [3.8, 4) is 10.8 Å². The van der Waals surface area contributed by atoms with Crippen LogP contribution in [0.2, 0.25) is 0 Å². The standard InChI is InChI=1S/C11H15N3OS/c1-3-12-7-6-10-13-14-11(16-10)9-5-4-8(2)15-9/h4-5,12H,3,6-7H2,1-2H3. The Morgan fingerprint density at radius 1 is 1.38 bits per heavy atom. The van der Waals surface area contributed by atoms with Crippen molar-refractivity contribution in [2.45, 2.75) is 20.3 Å². The monoisotopic (exact) mass is 237 g/mol. The molecule has 86 valence electrons. The SMILES string of the molecule is CCNCCc1nnc(-c2ccc(C)o2)s1. The number of hydrogen-bond donors (Lipinski definition) is 1. The topological polar surface area (TPSA) is 51.0 Å². The second-order valence-electron chi connectivity index (χ2n) is 3.51. The molecule has 0 saturated carbocycles. The molecule has 0 radical (unpaired) electrons. The molecule has 0 atom stereocenters. The maximum Gasteiger partial charge on any atom is 0.183 e. The number of rotatable bonds is 5. The van der Waals surface area contributed by atoms with E-state index in [2.05, 4.69) is 22.4 Å². The van der Waals surface area contributed by atoms with Crippen LogP contribution in [0.3, 0.4) is 0 Å². The van der Waals surface area contributed by atoms with Gasteiger partial charge in [-0.05, 0) is 25.6 Å². The van der Waals surface area contributed by atoms with Crippen LogP contribution >= 0.6 is 11.3 Å². The van der Waals surface area contributed by atoms with Crippen molar-refractivity contribution in [1.29, 1.82) is 0 Å². The molecule has 0 spiro atoms. The van der Waals surface area contributed by atoms with Gasteiger partial charge in [0.1, 0.15) is 10.8 Å². The fraction of sp³-hybridized carbons (Fsp3) is 0.455. The first kappa shape index (κ1) is 11.3. The van der Waals surface area contributed by atoms with Crippen LogP contribution in [0.4, 0.5) is 0 Å². The minimum absolute atomic E-state index is 0.810. The quantitative estimate of drug-likeness (QED) is 0.810. The summed E-state index contributed by atoms with van der Waals surface area (Å²) in [6.45, 7) is 5.96. The summed E-state index contributed by atoms with van der Waals surface area (Å²) in [4.78, 5) is 0. The molecular weight excluding hydrogens is 222 g/mol. The van der Waals surface area contributed by atoms with Gasteiger partial charge in [-0.2, -0.15) is 0 Å². The van der Waals surface area contributed by atoms with Crippen LogP contribution in [0.25, 0.3) is 10.8 Å². The average Bonchev–Trinajstić information content (AvgIpc) is 2.87. The van der Waals surface area contributed by atoms with E-state index in [0.29, 0.717) is 0 Å². The minimum atomic E-state index is 0.810. The van der Waals surface area contributed by atoms with Crippen LogP contribution in [0.5, 0.6) is 0 Å². The van der Waals surface area contributed by atoms with Crippen molar-refractivity contribution in [3.05, 3.63) is 22.9 Å². The first-order valence-corrected chi connectivity index (χ1v) is 6.21. The molecule has 0 aliphatic rings. The third kappa shape index (κ3) is 2.68. The summed E-state index contributed by atoms with van der Waals surface area (Å²) >= 11 is 1.59. The van der Waals surface area contributed by atoms with E-state index < -0.39 is 0 Å². The maximum absolute atomic E-state index is 5.50. The zero-order valence-electron chi connectivity index (χ0n) is 9.49. The highest BCUT2D eigenvalue weighted by Crippen LogP contribution is 2.25. The molecule has 0 bridgehead atoms. The highest BCUT2D eigenvalue weighted by Gasteiger charge is 2.09. The van der Waals surface area contributed by atoms with Gasteiger partial charge in [-0.3, -0.25) is 0 Å². The minimum Gasteiger partial charge on any atom is -0.459 e. The Morgan fingerprint density at radius 2 is 2.25 bits per heavy atom.